The average Bonchev–Trinajstić information content (AvgIpc) is 2.53. The van der Waals surface area contributed by atoms with Crippen LogP contribution in [-0.2, 0) is 6.54 Å². The van der Waals surface area contributed by atoms with Gasteiger partial charge in [0.25, 0.3) is 11.7 Å². The molecule has 0 unspecified atom stereocenters. The number of hydrogen-bond acceptors (Lipinski definition) is 4. The summed E-state index contributed by atoms with van der Waals surface area (Å²) in [6.45, 7) is 0.320. The van der Waals surface area contributed by atoms with E-state index in [-0.39, 0.29) is 22.4 Å². The molecule has 0 aliphatic carbocycles. The number of halogens is 2. The van der Waals surface area contributed by atoms with Gasteiger partial charge >= 0.3 is 0 Å². The van der Waals surface area contributed by atoms with Crippen LogP contribution in [0.2, 0.25) is 0 Å². The zero-order valence-corrected chi connectivity index (χ0v) is 13.6. The van der Waals surface area contributed by atoms with Gasteiger partial charge in [0.15, 0.2) is 0 Å². The van der Waals surface area contributed by atoms with Crippen LogP contribution in [0.15, 0.2) is 47.6 Å². The maximum absolute atomic E-state index is 12.5. The fraction of sp³-hybridized carbons (Fsp3) is 0.250. The standard InChI is InChI=1S/C16H17F2N3OS/c1-21(2)12-7-5-11(6-8-12)10-20-14(22)13-4-3-9-19-15(13)23-16(17)18/h3-9,16H,10H2,1-2H3,(H,20,22). The smallest absolute Gasteiger partial charge is 0.290 e. The second-order valence-corrected chi connectivity index (χ2v) is 5.96. The monoisotopic (exact) mass is 337 g/mol. The minimum absolute atomic E-state index is 0.0305. The highest BCUT2D eigenvalue weighted by Crippen LogP contribution is 2.26. The highest BCUT2D eigenvalue weighted by Gasteiger charge is 2.16. The van der Waals surface area contributed by atoms with Crippen molar-refractivity contribution >= 4 is 23.4 Å². The number of rotatable bonds is 6. The minimum atomic E-state index is -2.62. The fourth-order valence-corrected chi connectivity index (χ4v) is 2.51. The Morgan fingerprint density at radius 1 is 1.26 bits per heavy atom. The first-order chi connectivity index (χ1) is 11.0. The third kappa shape index (κ3) is 4.92. The minimum Gasteiger partial charge on any atom is -0.378 e. The normalized spacial score (nSPS) is 10.7. The number of amides is 1. The third-order valence-corrected chi connectivity index (χ3v) is 3.85. The van der Waals surface area contributed by atoms with Crippen molar-refractivity contribution in [1.82, 2.24) is 10.3 Å². The van der Waals surface area contributed by atoms with Gasteiger partial charge in [0.05, 0.1) is 5.56 Å². The van der Waals surface area contributed by atoms with Crippen LogP contribution >= 0.6 is 11.8 Å². The zero-order chi connectivity index (χ0) is 16.8. The molecule has 2 rings (SSSR count). The molecule has 0 bridgehead atoms. The van der Waals surface area contributed by atoms with E-state index in [1.807, 2.05) is 43.3 Å². The van der Waals surface area contributed by atoms with Crippen molar-refractivity contribution in [2.45, 2.75) is 17.3 Å². The summed E-state index contributed by atoms with van der Waals surface area (Å²) in [6.07, 6.45) is 1.39. The quantitative estimate of drug-likeness (QED) is 0.821. The summed E-state index contributed by atoms with van der Waals surface area (Å²) < 4.78 is 25.0. The van der Waals surface area contributed by atoms with Gasteiger partial charge in [-0.2, -0.15) is 8.78 Å². The third-order valence-electron chi connectivity index (χ3n) is 3.12. The largest absolute Gasteiger partial charge is 0.378 e. The van der Waals surface area contributed by atoms with Crippen molar-refractivity contribution < 1.29 is 13.6 Å². The van der Waals surface area contributed by atoms with Gasteiger partial charge in [-0.15, -0.1) is 0 Å². The molecule has 1 N–H and O–H groups in total. The van der Waals surface area contributed by atoms with Crippen molar-refractivity contribution in [2.24, 2.45) is 0 Å². The molecule has 122 valence electrons. The lowest BCUT2D eigenvalue weighted by Gasteiger charge is -2.13. The Labute approximate surface area is 137 Å². The number of aromatic nitrogens is 1. The summed E-state index contributed by atoms with van der Waals surface area (Å²) in [5, 5.41) is 2.76. The Balaban J connectivity index is 2.02. The molecular formula is C16H17F2N3OS. The van der Waals surface area contributed by atoms with E-state index in [0.29, 0.717) is 6.54 Å². The highest BCUT2D eigenvalue weighted by molar-refractivity contribution is 7.99. The molecule has 23 heavy (non-hydrogen) atoms. The van der Waals surface area contributed by atoms with Crippen LogP contribution in [0.5, 0.6) is 0 Å². The fourth-order valence-electron chi connectivity index (χ4n) is 1.93. The molecule has 0 saturated carbocycles. The number of anilines is 1. The number of benzene rings is 1. The maximum atomic E-state index is 12.5. The molecule has 0 spiro atoms. The zero-order valence-electron chi connectivity index (χ0n) is 12.8. The maximum Gasteiger partial charge on any atom is 0.290 e. The van der Waals surface area contributed by atoms with Gasteiger partial charge in [0.1, 0.15) is 5.03 Å². The van der Waals surface area contributed by atoms with Crippen LogP contribution in [-0.4, -0.2) is 30.7 Å². The van der Waals surface area contributed by atoms with Gasteiger partial charge in [-0.1, -0.05) is 12.1 Å². The number of pyridine rings is 1. The van der Waals surface area contributed by atoms with E-state index in [0.717, 1.165) is 11.3 Å². The first-order valence-electron chi connectivity index (χ1n) is 6.91. The lowest BCUT2D eigenvalue weighted by molar-refractivity contribution is 0.0947. The number of thioether (sulfide) groups is 1. The number of alkyl halides is 2. The number of nitrogens with one attached hydrogen (secondary N) is 1. The van der Waals surface area contributed by atoms with Gasteiger partial charge < -0.3 is 10.2 Å². The molecule has 0 saturated heterocycles. The SMILES string of the molecule is CN(C)c1ccc(CNC(=O)c2cccnc2SC(F)F)cc1. The Hall–Kier alpha value is -2.15. The molecular weight excluding hydrogens is 320 g/mol. The first kappa shape index (κ1) is 17.2. The van der Waals surface area contributed by atoms with E-state index in [2.05, 4.69) is 10.3 Å². The Morgan fingerprint density at radius 3 is 2.57 bits per heavy atom. The van der Waals surface area contributed by atoms with Gasteiger partial charge in [-0.25, -0.2) is 4.98 Å². The van der Waals surface area contributed by atoms with Crippen LogP contribution in [0.1, 0.15) is 15.9 Å². The van der Waals surface area contributed by atoms with Crippen molar-refractivity contribution in [1.29, 1.82) is 0 Å². The van der Waals surface area contributed by atoms with Crippen molar-refractivity contribution in [3.8, 4) is 0 Å². The topological polar surface area (TPSA) is 45.2 Å². The summed E-state index contributed by atoms with van der Waals surface area (Å²) in [5.41, 5.74) is 2.14. The molecule has 7 heteroatoms. The predicted octanol–water partition coefficient (Wildman–Crippen LogP) is 3.39. The lowest BCUT2D eigenvalue weighted by Crippen LogP contribution is -2.23. The van der Waals surface area contributed by atoms with Crippen molar-refractivity contribution in [2.75, 3.05) is 19.0 Å². The summed E-state index contributed by atoms with van der Waals surface area (Å²) in [5.74, 6) is -3.03. The molecule has 4 nitrogen and oxygen atoms in total. The van der Waals surface area contributed by atoms with Crippen LogP contribution in [0, 0.1) is 0 Å². The summed E-state index contributed by atoms with van der Waals surface area (Å²) in [6, 6.07) is 10.8. The molecule has 0 atom stereocenters. The Kier molecular flexibility index (Phi) is 5.92. The van der Waals surface area contributed by atoms with Crippen LogP contribution in [0.25, 0.3) is 0 Å². The number of nitrogens with zero attached hydrogens (tertiary/aromatic N) is 2. The van der Waals surface area contributed by atoms with E-state index >= 15 is 0 Å². The molecule has 0 radical (unpaired) electrons. The van der Waals surface area contributed by atoms with Crippen LogP contribution in [0.4, 0.5) is 14.5 Å². The summed E-state index contributed by atoms with van der Waals surface area (Å²) in [7, 11) is 3.89. The summed E-state index contributed by atoms with van der Waals surface area (Å²) in [4.78, 5) is 18.0. The molecule has 0 fully saturated rings. The molecule has 0 aliphatic heterocycles. The van der Waals surface area contributed by atoms with Gasteiger partial charge in [0, 0.05) is 32.5 Å². The molecule has 2 aromatic rings. The van der Waals surface area contributed by atoms with E-state index in [1.54, 1.807) is 6.07 Å². The molecule has 1 aromatic carbocycles. The summed E-state index contributed by atoms with van der Waals surface area (Å²) >= 11 is 0.269. The first-order valence-corrected chi connectivity index (χ1v) is 7.79. The second-order valence-electron chi connectivity index (χ2n) is 4.98. The highest BCUT2D eigenvalue weighted by atomic mass is 32.2. The van der Waals surface area contributed by atoms with Gasteiger partial charge in [-0.3, -0.25) is 4.79 Å². The van der Waals surface area contributed by atoms with E-state index < -0.39 is 11.7 Å². The number of carbonyl (C=O) groups is 1. The predicted molar refractivity (Wildman–Crippen MR) is 88.0 cm³/mol. The average molecular weight is 337 g/mol. The van der Waals surface area contributed by atoms with Crippen molar-refractivity contribution in [3.63, 3.8) is 0 Å². The Morgan fingerprint density at radius 2 is 1.96 bits per heavy atom. The van der Waals surface area contributed by atoms with E-state index in [1.165, 1.54) is 12.3 Å². The Bertz CT molecular complexity index is 663. The van der Waals surface area contributed by atoms with Gasteiger partial charge in [-0.05, 0) is 41.6 Å². The van der Waals surface area contributed by atoms with E-state index in [9.17, 15) is 13.6 Å². The van der Waals surface area contributed by atoms with Crippen LogP contribution < -0.4 is 10.2 Å². The molecule has 1 aromatic heterocycles. The molecule has 1 amide bonds. The molecule has 0 aliphatic rings. The van der Waals surface area contributed by atoms with E-state index in [4.69, 9.17) is 0 Å². The molecule has 1 heterocycles. The second kappa shape index (κ2) is 7.92. The van der Waals surface area contributed by atoms with Crippen molar-refractivity contribution in [3.05, 3.63) is 53.7 Å². The lowest BCUT2D eigenvalue weighted by atomic mass is 10.2. The number of hydrogen-bond donors (Lipinski definition) is 1. The number of carbonyl (C=O) groups excluding carboxylic acids is 1. The van der Waals surface area contributed by atoms with Gasteiger partial charge in [0.2, 0.25) is 0 Å². The van der Waals surface area contributed by atoms with Crippen LogP contribution in [0.3, 0.4) is 0 Å².